The van der Waals surface area contributed by atoms with Gasteiger partial charge < -0.3 is 5.32 Å². The SMILES string of the molecule is CC.CC(C)C(=O)C(CC(=O)C1CCC(CNC(C)(C)C)CC1)Cc1ccc2ccccc2c1. The van der Waals surface area contributed by atoms with E-state index in [2.05, 4.69) is 56.4 Å². The van der Waals surface area contributed by atoms with Crippen molar-refractivity contribution in [1.29, 1.82) is 0 Å². The summed E-state index contributed by atoms with van der Waals surface area (Å²) in [6, 6.07) is 14.7. The smallest absolute Gasteiger partial charge is 0.139 e. The summed E-state index contributed by atoms with van der Waals surface area (Å²) < 4.78 is 0. The van der Waals surface area contributed by atoms with Crippen LogP contribution in [-0.4, -0.2) is 23.7 Å². The van der Waals surface area contributed by atoms with Gasteiger partial charge >= 0.3 is 0 Å². The van der Waals surface area contributed by atoms with Crippen LogP contribution in [0.4, 0.5) is 0 Å². The summed E-state index contributed by atoms with van der Waals surface area (Å²) in [7, 11) is 0. The van der Waals surface area contributed by atoms with Crippen LogP contribution in [0.25, 0.3) is 10.8 Å². The van der Waals surface area contributed by atoms with Crippen LogP contribution in [0.15, 0.2) is 42.5 Å². The Balaban J connectivity index is 0.00000199. The third-order valence-corrected chi connectivity index (χ3v) is 6.94. The van der Waals surface area contributed by atoms with Crippen molar-refractivity contribution in [2.75, 3.05) is 6.54 Å². The molecule has 0 spiro atoms. The third kappa shape index (κ3) is 8.65. The van der Waals surface area contributed by atoms with E-state index in [0.717, 1.165) is 37.8 Å². The summed E-state index contributed by atoms with van der Waals surface area (Å²) in [5, 5.41) is 6.00. The molecule has 0 aliphatic heterocycles. The van der Waals surface area contributed by atoms with Gasteiger partial charge in [0.2, 0.25) is 0 Å². The molecule has 1 atom stereocenters. The van der Waals surface area contributed by atoms with E-state index < -0.39 is 0 Å². The fraction of sp³-hybridized carbons (Fsp3) is 0.613. The fourth-order valence-corrected chi connectivity index (χ4v) is 4.94. The average Bonchev–Trinajstić information content (AvgIpc) is 2.82. The van der Waals surface area contributed by atoms with E-state index in [1.807, 2.05) is 39.8 Å². The van der Waals surface area contributed by atoms with Crippen LogP contribution in [0.1, 0.15) is 86.1 Å². The standard InChI is InChI=1S/C29H41NO2.C2H6/c1-20(2)28(32)26(17-22-12-13-23-8-6-7-9-25(23)16-22)18-27(31)24-14-10-21(11-15-24)19-30-29(3,4)5;1-2/h6-9,12-13,16,20-21,24,26,30H,10-11,14-15,17-19H2,1-5H3;1-2H3. The number of carbonyl (C=O) groups is 2. The van der Waals surface area contributed by atoms with Crippen LogP contribution < -0.4 is 5.32 Å². The highest BCUT2D eigenvalue weighted by atomic mass is 16.1. The van der Waals surface area contributed by atoms with E-state index in [1.54, 1.807) is 0 Å². The van der Waals surface area contributed by atoms with E-state index in [9.17, 15) is 9.59 Å². The minimum atomic E-state index is -0.219. The van der Waals surface area contributed by atoms with E-state index >= 15 is 0 Å². The lowest BCUT2D eigenvalue weighted by atomic mass is 9.76. The monoisotopic (exact) mass is 465 g/mol. The Hall–Kier alpha value is -2.00. The molecule has 1 N–H and O–H groups in total. The second-order valence-electron chi connectivity index (χ2n) is 11.2. The number of hydrogen-bond acceptors (Lipinski definition) is 3. The van der Waals surface area contributed by atoms with Gasteiger partial charge in [-0.25, -0.2) is 0 Å². The van der Waals surface area contributed by atoms with Crippen molar-refractivity contribution in [1.82, 2.24) is 5.32 Å². The Kier molecular flexibility index (Phi) is 11.0. The van der Waals surface area contributed by atoms with Gasteiger partial charge in [0.1, 0.15) is 11.6 Å². The lowest BCUT2D eigenvalue weighted by molar-refractivity contribution is -0.132. The minimum absolute atomic E-state index is 0.0486. The molecule has 0 radical (unpaired) electrons. The lowest BCUT2D eigenvalue weighted by Crippen LogP contribution is -2.40. The molecule has 2 aromatic carbocycles. The van der Waals surface area contributed by atoms with Crippen LogP contribution in [0.5, 0.6) is 0 Å². The molecule has 1 saturated carbocycles. The highest BCUT2D eigenvalue weighted by Gasteiger charge is 2.31. The van der Waals surface area contributed by atoms with Crippen molar-refractivity contribution in [3.8, 4) is 0 Å². The van der Waals surface area contributed by atoms with E-state index in [-0.39, 0.29) is 29.1 Å². The van der Waals surface area contributed by atoms with Gasteiger partial charge in [0.15, 0.2) is 0 Å². The summed E-state index contributed by atoms with van der Waals surface area (Å²) >= 11 is 0. The molecule has 3 nitrogen and oxygen atoms in total. The second-order valence-corrected chi connectivity index (χ2v) is 11.2. The molecule has 3 heteroatoms. The molecule has 0 saturated heterocycles. The number of benzene rings is 2. The molecule has 1 unspecified atom stereocenters. The zero-order valence-corrected chi connectivity index (χ0v) is 22.6. The second kappa shape index (κ2) is 13.2. The maximum absolute atomic E-state index is 13.2. The maximum Gasteiger partial charge on any atom is 0.139 e. The van der Waals surface area contributed by atoms with Gasteiger partial charge in [0.25, 0.3) is 0 Å². The Labute approximate surface area is 208 Å². The van der Waals surface area contributed by atoms with Crippen molar-refractivity contribution in [2.45, 2.75) is 92.5 Å². The molecular formula is C31H47NO2. The van der Waals surface area contributed by atoms with Gasteiger partial charge in [-0.15, -0.1) is 0 Å². The number of rotatable bonds is 9. The van der Waals surface area contributed by atoms with Gasteiger partial charge in [-0.1, -0.05) is 70.2 Å². The Morgan fingerprint density at radius 1 is 0.941 bits per heavy atom. The third-order valence-electron chi connectivity index (χ3n) is 6.94. The zero-order valence-electron chi connectivity index (χ0n) is 22.6. The van der Waals surface area contributed by atoms with Crippen molar-refractivity contribution in [3.05, 3.63) is 48.0 Å². The first-order valence-electron chi connectivity index (χ1n) is 13.4. The van der Waals surface area contributed by atoms with E-state index in [1.165, 1.54) is 10.8 Å². The summed E-state index contributed by atoms with van der Waals surface area (Å²) in [4.78, 5) is 26.2. The average molecular weight is 466 g/mol. The zero-order chi connectivity index (χ0) is 25.3. The van der Waals surface area contributed by atoms with Crippen LogP contribution in [0, 0.1) is 23.7 Å². The molecule has 188 valence electrons. The molecule has 1 aliphatic carbocycles. The van der Waals surface area contributed by atoms with Crippen LogP contribution in [0.2, 0.25) is 0 Å². The van der Waals surface area contributed by atoms with Gasteiger partial charge in [-0.05, 0) is 81.7 Å². The molecule has 0 aromatic heterocycles. The van der Waals surface area contributed by atoms with Crippen LogP contribution >= 0.6 is 0 Å². The maximum atomic E-state index is 13.2. The van der Waals surface area contributed by atoms with Gasteiger partial charge in [0, 0.05) is 29.7 Å². The summed E-state index contributed by atoms with van der Waals surface area (Å²) in [6.45, 7) is 15.5. The molecule has 1 aliphatic rings. The molecule has 0 bridgehead atoms. The van der Waals surface area contributed by atoms with Crippen molar-refractivity contribution < 1.29 is 9.59 Å². The van der Waals surface area contributed by atoms with Gasteiger partial charge in [0.05, 0.1) is 0 Å². The quantitative estimate of drug-likeness (QED) is 0.419. The normalized spacial score (nSPS) is 19.4. The first kappa shape index (κ1) is 28.2. The molecule has 0 heterocycles. The van der Waals surface area contributed by atoms with E-state index in [0.29, 0.717) is 24.5 Å². The minimum Gasteiger partial charge on any atom is -0.312 e. The van der Waals surface area contributed by atoms with Gasteiger partial charge in [-0.2, -0.15) is 0 Å². The fourth-order valence-electron chi connectivity index (χ4n) is 4.94. The Morgan fingerprint density at radius 2 is 1.56 bits per heavy atom. The highest BCUT2D eigenvalue weighted by Crippen LogP contribution is 2.32. The van der Waals surface area contributed by atoms with Crippen LogP contribution in [-0.2, 0) is 16.0 Å². The number of hydrogen-bond donors (Lipinski definition) is 1. The Morgan fingerprint density at radius 3 is 2.15 bits per heavy atom. The number of nitrogens with one attached hydrogen (secondary N) is 1. The number of fused-ring (bicyclic) bond motifs is 1. The summed E-state index contributed by atoms with van der Waals surface area (Å²) in [6.07, 6.45) is 5.18. The summed E-state index contributed by atoms with van der Waals surface area (Å²) in [5.41, 5.74) is 1.28. The molecule has 3 rings (SSSR count). The number of Topliss-reactive ketones (excluding diaryl/α,β-unsaturated/α-hetero) is 2. The largest absolute Gasteiger partial charge is 0.312 e. The lowest BCUT2D eigenvalue weighted by Gasteiger charge is -2.31. The summed E-state index contributed by atoms with van der Waals surface area (Å²) in [5.74, 6) is 1.03. The predicted octanol–water partition coefficient (Wildman–Crippen LogP) is 7.40. The molecular weight excluding hydrogens is 418 g/mol. The Bertz CT molecular complexity index is 916. The molecule has 34 heavy (non-hydrogen) atoms. The van der Waals surface area contributed by atoms with Crippen molar-refractivity contribution >= 4 is 22.3 Å². The number of carbonyl (C=O) groups excluding carboxylic acids is 2. The van der Waals surface area contributed by atoms with Gasteiger partial charge in [-0.3, -0.25) is 9.59 Å². The molecule has 1 fully saturated rings. The topological polar surface area (TPSA) is 46.2 Å². The highest BCUT2D eigenvalue weighted by molar-refractivity contribution is 5.90. The molecule has 2 aromatic rings. The first-order valence-corrected chi connectivity index (χ1v) is 13.4. The predicted molar refractivity (Wildman–Crippen MR) is 145 cm³/mol. The number of ketones is 2. The van der Waals surface area contributed by atoms with E-state index in [4.69, 9.17) is 0 Å². The first-order chi connectivity index (χ1) is 16.1. The van der Waals surface area contributed by atoms with Crippen LogP contribution in [0.3, 0.4) is 0 Å². The van der Waals surface area contributed by atoms with Crippen molar-refractivity contribution in [3.63, 3.8) is 0 Å². The molecule has 0 amide bonds. The van der Waals surface area contributed by atoms with Crippen molar-refractivity contribution in [2.24, 2.45) is 23.7 Å².